The van der Waals surface area contributed by atoms with Crippen LogP contribution < -0.4 is 11.2 Å². The topological polar surface area (TPSA) is 112 Å². The summed E-state index contributed by atoms with van der Waals surface area (Å²) in [5, 5.41) is 17.3. The molecule has 0 unspecified atom stereocenters. The van der Waals surface area contributed by atoms with E-state index in [1.807, 2.05) is 0 Å². The maximum atomic E-state index is 13.3. The minimum Gasteiger partial charge on any atom is -0.477 e. The Morgan fingerprint density at radius 3 is 2.55 bits per heavy atom. The molecule has 0 saturated heterocycles. The van der Waals surface area contributed by atoms with Gasteiger partial charge in [-0.15, -0.1) is 5.10 Å². The molecule has 0 atom stereocenters. The molecule has 170 valence electrons. The van der Waals surface area contributed by atoms with Crippen molar-refractivity contribution in [2.24, 2.45) is 7.05 Å². The monoisotopic (exact) mass is 459 g/mol. The standard InChI is InChI=1S/C21H16F3N5O4/c1-11-12(4-3-5-15(11)21(22,23)24)9-29-18(30)14(19(31)32)10-28(20(29)33)13-6-7-17-16(8-13)25-26-27(17)2/h3-8,10H,9H2,1-2H3,(H,31,32). The number of carboxylic acid groups (broad SMARTS) is 1. The second-order valence-electron chi connectivity index (χ2n) is 7.37. The summed E-state index contributed by atoms with van der Waals surface area (Å²) >= 11 is 0. The van der Waals surface area contributed by atoms with Gasteiger partial charge in [-0.25, -0.2) is 14.3 Å². The molecule has 1 N–H and O–H groups in total. The van der Waals surface area contributed by atoms with Gasteiger partial charge in [0.05, 0.1) is 23.3 Å². The smallest absolute Gasteiger partial charge is 0.416 e. The van der Waals surface area contributed by atoms with Crippen molar-refractivity contribution in [3.63, 3.8) is 0 Å². The number of aryl methyl sites for hydroxylation is 1. The van der Waals surface area contributed by atoms with Crippen molar-refractivity contribution in [3.05, 3.63) is 85.7 Å². The highest BCUT2D eigenvalue weighted by Crippen LogP contribution is 2.33. The third kappa shape index (κ3) is 3.79. The average molecular weight is 459 g/mol. The minimum atomic E-state index is -4.62. The lowest BCUT2D eigenvalue weighted by atomic mass is 10.0. The Labute approximate surface area is 182 Å². The number of nitrogens with zero attached hydrogens (tertiary/aromatic N) is 5. The Bertz CT molecular complexity index is 1530. The Balaban J connectivity index is 1.92. The molecule has 0 saturated carbocycles. The molecule has 0 aliphatic carbocycles. The van der Waals surface area contributed by atoms with E-state index in [-0.39, 0.29) is 16.8 Å². The van der Waals surface area contributed by atoms with Crippen LogP contribution in [0.2, 0.25) is 0 Å². The first-order valence-corrected chi connectivity index (χ1v) is 9.54. The fourth-order valence-corrected chi connectivity index (χ4v) is 3.58. The van der Waals surface area contributed by atoms with Gasteiger partial charge >= 0.3 is 17.8 Å². The van der Waals surface area contributed by atoms with Crippen LogP contribution in [0.3, 0.4) is 0 Å². The molecule has 2 aromatic heterocycles. The first-order chi connectivity index (χ1) is 15.5. The highest BCUT2D eigenvalue weighted by Gasteiger charge is 2.33. The molecular formula is C21H16F3N5O4. The van der Waals surface area contributed by atoms with Gasteiger partial charge in [0.2, 0.25) is 0 Å². The number of hydrogen-bond donors (Lipinski definition) is 1. The molecule has 0 amide bonds. The van der Waals surface area contributed by atoms with Crippen LogP contribution in [0, 0.1) is 6.92 Å². The van der Waals surface area contributed by atoms with Gasteiger partial charge in [0.25, 0.3) is 5.56 Å². The molecule has 0 spiro atoms. The third-order valence-corrected chi connectivity index (χ3v) is 5.35. The predicted molar refractivity (Wildman–Crippen MR) is 111 cm³/mol. The largest absolute Gasteiger partial charge is 0.477 e. The number of alkyl halides is 3. The number of aromatic carboxylic acids is 1. The number of carbonyl (C=O) groups is 1. The first-order valence-electron chi connectivity index (χ1n) is 9.54. The van der Waals surface area contributed by atoms with Gasteiger partial charge in [-0.05, 0) is 42.3 Å². The summed E-state index contributed by atoms with van der Waals surface area (Å²) in [6, 6.07) is 8.02. The SMILES string of the molecule is Cc1c(Cn2c(=O)c(C(=O)O)cn(-c3ccc4c(c3)nnn4C)c2=O)cccc1C(F)(F)F. The van der Waals surface area contributed by atoms with Crippen molar-refractivity contribution < 1.29 is 23.1 Å². The van der Waals surface area contributed by atoms with E-state index in [1.165, 1.54) is 29.8 Å². The van der Waals surface area contributed by atoms with Crippen molar-refractivity contribution in [1.82, 2.24) is 24.1 Å². The van der Waals surface area contributed by atoms with Crippen LogP contribution in [0.5, 0.6) is 0 Å². The summed E-state index contributed by atoms with van der Waals surface area (Å²) in [6.45, 7) is 0.687. The van der Waals surface area contributed by atoms with E-state index in [2.05, 4.69) is 10.3 Å². The van der Waals surface area contributed by atoms with Crippen LogP contribution in [0.1, 0.15) is 27.0 Å². The molecule has 33 heavy (non-hydrogen) atoms. The van der Waals surface area contributed by atoms with Crippen LogP contribution in [-0.4, -0.2) is 35.2 Å². The number of hydrogen-bond acceptors (Lipinski definition) is 5. The molecule has 9 nitrogen and oxygen atoms in total. The molecule has 4 rings (SSSR count). The highest BCUT2D eigenvalue weighted by molar-refractivity contribution is 5.87. The molecule has 0 aliphatic heterocycles. The van der Waals surface area contributed by atoms with Crippen LogP contribution in [0.4, 0.5) is 13.2 Å². The van der Waals surface area contributed by atoms with Gasteiger partial charge in [0.1, 0.15) is 11.1 Å². The quantitative estimate of drug-likeness (QED) is 0.502. The number of halogens is 3. The summed E-state index contributed by atoms with van der Waals surface area (Å²) in [6.07, 6.45) is -3.74. The van der Waals surface area contributed by atoms with Gasteiger partial charge < -0.3 is 5.11 Å². The molecule has 2 aromatic carbocycles. The fraction of sp³-hybridized carbons (Fsp3) is 0.190. The fourth-order valence-electron chi connectivity index (χ4n) is 3.58. The van der Waals surface area contributed by atoms with E-state index in [0.29, 0.717) is 15.6 Å². The van der Waals surface area contributed by atoms with Crippen LogP contribution in [0.15, 0.2) is 52.2 Å². The molecule has 0 aliphatic rings. The first kappa shape index (κ1) is 22.0. The lowest BCUT2D eigenvalue weighted by Gasteiger charge is -2.16. The summed E-state index contributed by atoms with van der Waals surface area (Å²) in [5.41, 5.74) is -2.47. The number of fused-ring (bicyclic) bond motifs is 1. The molecule has 0 bridgehead atoms. The zero-order chi connectivity index (χ0) is 24.1. The van der Waals surface area contributed by atoms with Crippen molar-refractivity contribution in [3.8, 4) is 5.69 Å². The van der Waals surface area contributed by atoms with E-state index in [4.69, 9.17) is 0 Å². The normalized spacial score (nSPS) is 11.8. The summed E-state index contributed by atoms with van der Waals surface area (Å²) in [7, 11) is 1.67. The maximum Gasteiger partial charge on any atom is 0.416 e. The molecular weight excluding hydrogens is 443 g/mol. The van der Waals surface area contributed by atoms with Crippen LogP contribution in [0.25, 0.3) is 16.7 Å². The Hall–Kier alpha value is -4.22. The van der Waals surface area contributed by atoms with Gasteiger partial charge in [0.15, 0.2) is 0 Å². The van der Waals surface area contributed by atoms with Crippen LogP contribution in [-0.2, 0) is 19.8 Å². The number of benzene rings is 2. The number of aromatic nitrogens is 5. The minimum absolute atomic E-state index is 0.0579. The Morgan fingerprint density at radius 1 is 1.15 bits per heavy atom. The van der Waals surface area contributed by atoms with Gasteiger partial charge in [-0.2, -0.15) is 13.2 Å². The summed E-state index contributed by atoms with van der Waals surface area (Å²) in [4.78, 5) is 37.6. The summed E-state index contributed by atoms with van der Waals surface area (Å²) < 4.78 is 42.9. The summed E-state index contributed by atoms with van der Waals surface area (Å²) in [5.74, 6) is -1.58. The van der Waals surface area contributed by atoms with Crippen molar-refractivity contribution >= 4 is 17.0 Å². The van der Waals surface area contributed by atoms with Crippen molar-refractivity contribution in [2.75, 3.05) is 0 Å². The highest BCUT2D eigenvalue weighted by atomic mass is 19.4. The second-order valence-corrected chi connectivity index (χ2v) is 7.37. The van der Waals surface area contributed by atoms with Crippen molar-refractivity contribution in [2.45, 2.75) is 19.6 Å². The Kier molecular flexibility index (Phi) is 5.15. The van der Waals surface area contributed by atoms with E-state index in [0.717, 1.165) is 22.9 Å². The van der Waals surface area contributed by atoms with E-state index in [1.54, 1.807) is 13.1 Å². The van der Waals surface area contributed by atoms with E-state index in [9.17, 15) is 32.7 Å². The second kappa shape index (κ2) is 7.73. The zero-order valence-corrected chi connectivity index (χ0v) is 17.3. The van der Waals surface area contributed by atoms with Gasteiger partial charge in [-0.3, -0.25) is 13.9 Å². The lowest BCUT2D eigenvalue weighted by Crippen LogP contribution is -2.42. The third-order valence-electron chi connectivity index (χ3n) is 5.35. The molecule has 2 heterocycles. The molecule has 4 aromatic rings. The molecule has 12 heteroatoms. The maximum absolute atomic E-state index is 13.3. The van der Waals surface area contributed by atoms with Crippen LogP contribution >= 0.6 is 0 Å². The zero-order valence-electron chi connectivity index (χ0n) is 17.3. The molecule has 0 radical (unpaired) electrons. The lowest BCUT2D eigenvalue weighted by molar-refractivity contribution is -0.138. The van der Waals surface area contributed by atoms with Gasteiger partial charge in [0, 0.05) is 13.2 Å². The van der Waals surface area contributed by atoms with E-state index >= 15 is 0 Å². The van der Waals surface area contributed by atoms with Crippen molar-refractivity contribution in [1.29, 1.82) is 0 Å². The predicted octanol–water partition coefficient (Wildman–Crippen LogP) is 2.35. The Morgan fingerprint density at radius 2 is 1.88 bits per heavy atom. The van der Waals surface area contributed by atoms with Gasteiger partial charge in [-0.1, -0.05) is 17.3 Å². The van der Waals surface area contributed by atoms with E-state index < -0.39 is 41.1 Å². The average Bonchev–Trinajstić information content (AvgIpc) is 3.11. The molecule has 0 fully saturated rings. The number of carboxylic acids is 1. The number of rotatable bonds is 4.